The summed E-state index contributed by atoms with van der Waals surface area (Å²) < 4.78 is 7.24. The molecule has 0 amide bonds. The number of aromatic nitrogens is 2. The van der Waals surface area contributed by atoms with Crippen LogP contribution < -0.4 is 0 Å². The summed E-state index contributed by atoms with van der Waals surface area (Å²) in [5.74, 6) is -0.273. The second-order valence-electron chi connectivity index (χ2n) is 6.36. The van der Waals surface area contributed by atoms with Crippen LogP contribution in [0.4, 0.5) is 0 Å². The Labute approximate surface area is 131 Å². The fourth-order valence-electron chi connectivity index (χ4n) is 3.85. The van der Waals surface area contributed by atoms with Crippen molar-refractivity contribution in [1.29, 1.82) is 0 Å². The summed E-state index contributed by atoms with van der Waals surface area (Å²) in [5.41, 5.74) is 2.67. The van der Waals surface area contributed by atoms with Gasteiger partial charge in [-0.15, -0.1) is 0 Å². The number of aldehydes is 1. The number of hydrogen-bond donors (Lipinski definition) is 0. The van der Waals surface area contributed by atoms with E-state index < -0.39 is 0 Å². The summed E-state index contributed by atoms with van der Waals surface area (Å²) in [6.07, 6.45) is 9.11. The van der Waals surface area contributed by atoms with Crippen LogP contribution >= 0.6 is 0 Å². The molecule has 1 aromatic heterocycles. The zero-order valence-electron chi connectivity index (χ0n) is 13.2. The maximum Gasteiger partial charge on any atom is 0.309 e. The summed E-state index contributed by atoms with van der Waals surface area (Å²) in [5, 5.41) is 4.57. The van der Waals surface area contributed by atoms with E-state index in [0.29, 0.717) is 24.8 Å². The van der Waals surface area contributed by atoms with Crippen molar-refractivity contribution < 1.29 is 14.3 Å². The minimum atomic E-state index is -0.143. The Morgan fingerprint density at radius 2 is 2.09 bits per heavy atom. The Balaban J connectivity index is 1.86. The van der Waals surface area contributed by atoms with Gasteiger partial charge in [-0.2, -0.15) is 5.10 Å². The Kier molecular flexibility index (Phi) is 4.60. The highest BCUT2D eigenvalue weighted by Gasteiger charge is 2.32. The quantitative estimate of drug-likeness (QED) is 0.634. The largest absolute Gasteiger partial charge is 0.466 e. The standard InChI is InChI=1S/C17H24N2O3/c1-2-22-17(21)12-8-9-16-14(10-12)15(11-20)18-19(16)13-6-4-3-5-7-13/h11-13H,2-10H2,1H3/t12-/m0/s1. The number of nitrogens with zero attached hydrogens (tertiary/aromatic N) is 2. The van der Waals surface area contributed by atoms with E-state index in [1.807, 2.05) is 6.92 Å². The third-order valence-corrected chi connectivity index (χ3v) is 4.98. The molecule has 0 unspecified atom stereocenters. The number of hydrogen-bond acceptors (Lipinski definition) is 4. The van der Waals surface area contributed by atoms with Crippen LogP contribution in [0.25, 0.3) is 0 Å². The van der Waals surface area contributed by atoms with Gasteiger partial charge in [-0.25, -0.2) is 0 Å². The molecule has 5 heteroatoms. The first-order chi connectivity index (χ1) is 10.7. The maximum absolute atomic E-state index is 12.0. The summed E-state index contributed by atoms with van der Waals surface area (Å²) in [6.45, 7) is 2.23. The SMILES string of the molecule is CCOC(=O)[C@H]1CCc2c(c(C=O)nn2C2CCCCC2)C1. The molecule has 3 rings (SSSR count). The van der Waals surface area contributed by atoms with E-state index in [2.05, 4.69) is 9.78 Å². The molecule has 5 nitrogen and oxygen atoms in total. The number of esters is 1. The third kappa shape index (κ3) is 2.81. The predicted octanol–water partition coefficient (Wildman–Crippen LogP) is 2.87. The van der Waals surface area contributed by atoms with Crippen LogP contribution in [0.15, 0.2) is 0 Å². The van der Waals surface area contributed by atoms with Crippen molar-refractivity contribution in [3.63, 3.8) is 0 Å². The number of carbonyl (C=O) groups is 2. The molecule has 0 spiro atoms. The number of carbonyl (C=O) groups excluding carboxylic acids is 2. The van der Waals surface area contributed by atoms with Gasteiger partial charge in [0, 0.05) is 11.3 Å². The van der Waals surface area contributed by atoms with E-state index in [9.17, 15) is 9.59 Å². The lowest BCUT2D eigenvalue weighted by molar-refractivity contribution is -0.148. The molecule has 2 aliphatic rings. The Hall–Kier alpha value is -1.65. The monoisotopic (exact) mass is 304 g/mol. The first kappa shape index (κ1) is 15.3. The lowest BCUT2D eigenvalue weighted by Gasteiger charge is -2.27. The van der Waals surface area contributed by atoms with Crippen molar-refractivity contribution in [2.45, 2.75) is 64.3 Å². The minimum Gasteiger partial charge on any atom is -0.466 e. The highest BCUT2D eigenvalue weighted by molar-refractivity contribution is 5.77. The molecule has 0 aromatic carbocycles. The number of rotatable bonds is 4. The molecule has 1 aromatic rings. The minimum absolute atomic E-state index is 0.129. The van der Waals surface area contributed by atoms with Crippen LogP contribution in [-0.2, 0) is 22.4 Å². The Morgan fingerprint density at radius 1 is 1.32 bits per heavy atom. The molecule has 1 atom stereocenters. The van der Waals surface area contributed by atoms with E-state index in [1.165, 1.54) is 25.0 Å². The van der Waals surface area contributed by atoms with Gasteiger partial charge >= 0.3 is 5.97 Å². The summed E-state index contributed by atoms with van der Waals surface area (Å²) in [6, 6.07) is 0.426. The topological polar surface area (TPSA) is 61.2 Å². The smallest absolute Gasteiger partial charge is 0.309 e. The van der Waals surface area contributed by atoms with Crippen LogP contribution in [0.3, 0.4) is 0 Å². The van der Waals surface area contributed by atoms with Crippen molar-refractivity contribution in [2.24, 2.45) is 5.92 Å². The van der Waals surface area contributed by atoms with E-state index in [4.69, 9.17) is 4.74 Å². The number of fused-ring (bicyclic) bond motifs is 1. The lowest BCUT2D eigenvalue weighted by Crippen LogP contribution is -2.26. The van der Waals surface area contributed by atoms with Gasteiger partial charge in [0.05, 0.1) is 18.6 Å². The van der Waals surface area contributed by atoms with E-state index in [1.54, 1.807) is 0 Å². The van der Waals surface area contributed by atoms with Gasteiger partial charge in [0.25, 0.3) is 0 Å². The van der Waals surface area contributed by atoms with Crippen molar-refractivity contribution in [1.82, 2.24) is 9.78 Å². The summed E-state index contributed by atoms with van der Waals surface area (Å²) >= 11 is 0. The molecule has 120 valence electrons. The fourth-order valence-corrected chi connectivity index (χ4v) is 3.85. The van der Waals surface area contributed by atoms with Gasteiger partial charge in [0.15, 0.2) is 6.29 Å². The van der Waals surface area contributed by atoms with Gasteiger partial charge < -0.3 is 4.74 Å². The van der Waals surface area contributed by atoms with Crippen molar-refractivity contribution in [3.05, 3.63) is 17.0 Å². The lowest BCUT2D eigenvalue weighted by atomic mass is 9.86. The zero-order chi connectivity index (χ0) is 15.5. The normalized spacial score (nSPS) is 22.1. The van der Waals surface area contributed by atoms with Crippen LogP contribution in [0.5, 0.6) is 0 Å². The molecule has 0 aliphatic heterocycles. The average Bonchev–Trinajstić information content (AvgIpc) is 2.94. The van der Waals surface area contributed by atoms with Crippen molar-refractivity contribution >= 4 is 12.3 Å². The molecule has 0 N–H and O–H groups in total. The van der Waals surface area contributed by atoms with Crippen molar-refractivity contribution in [2.75, 3.05) is 6.61 Å². The molecule has 0 bridgehead atoms. The molecule has 2 aliphatic carbocycles. The first-order valence-electron chi connectivity index (χ1n) is 8.46. The molecule has 0 saturated heterocycles. The van der Waals surface area contributed by atoms with Gasteiger partial charge in [-0.3, -0.25) is 14.3 Å². The summed E-state index contributed by atoms with van der Waals surface area (Å²) in [4.78, 5) is 23.4. The molecule has 1 heterocycles. The van der Waals surface area contributed by atoms with E-state index >= 15 is 0 Å². The first-order valence-corrected chi connectivity index (χ1v) is 8.46. The number of ether oxygens (including phenoxy) is 1. The second-order valence-corrected chi connectivity index (χ2v) is 6.36. The van der Waals surface area contributed by atoms with E-state index in [0.717, 1.165) is 37.5 Å². The molecule has 1 fully saturated rings. The predicted molar refractivity (Wildman–Crippen MR) is 81.9 cm³/mol. The molecule has 1 saturated carbocycles. The van der Waals surface area contributed by atoms with Crippen molar-refractivity contribution in [3.8, 4) is 0 Å². The van der Waals surface area contributed by atoms with Gasteiger partial charge in [0.1, 0.15) is 5.69 Å². The van der Waals surface area contributed by atoms with Crippen LogP contribution in [-0.4, -0.2) is 28.6 Å². The van der Waals surface area contributed by atoms with Crippen LogP contribution in [0.2, 0.25) is 0 Å². The second kappa shape index (κ2) is 6.63. The summed E-state index contributed by atoms with van der Waals surface area (Å²) in [7, 11) is 0. The van der Waals surface area contributed by atoms with Gasteiger partial charge in [0.2, 0.25) is 0 Å². The van der Waals surface area contributed by atoms with Gasteiger partial charge in [-0.05, 0) is 39.0 Å². The fraction of sp³-hybridized carbons (Fsp3) is 0.706. The van der Waals surface area contributed by atoms with E-state index in [-0.39, 0.29) is 11.9 Å². The third-order valence-electron chi connectivity index (χ3n) is 4.98. The Morgan fingerprint density at radius 3 is 2.77 bits per heavy atom. The highest BCUT2D eigenvalue weighted by atomic mass is 16.5. The molecular formula is C17H24N2O3. The molecule has 0 radical (unpaired) electrons. The average molecular weight is 304 g/mol. The highest BCUT2D eigenvalue weighted by Crippen LogP contribution is 2.34. The molecular weight excluding hydrogens is 280 g/mol. The van der Waals surface area contributed by atoms with Gasteiger partial charge in [-0.1, -0.05) is 19.3 Å². The Bertz CT molecular complexity index is 558. The van der Waals surface area contributed by atoms with Crippen LogP contribution in [0.1, 0.15) is 73.2 Å². The van der Waals surface area contributed by atoms with Crippen LogP contribution in [0, 0.1) is 5.92 Å². The maximum atomic E-state index is 12.0. The molecule has 22 heavy (non-hydrogen) atoms. The zero-order valence-corrected chi connectivity index (χ0v) is 13.2.